The van der Waals surface area contributed by atoms with E-state index in [0.29, 0.717) is 0 Å². The van der Waals surface area contributed by atoms with Crippen LogP contribution in [0.2, 0.25) is 0 Å². The Hall–Kier alpha value is -1.43. The highest BCUT2D eigenvalue weighted by Crippen LogP contribution is 2.25. The van der Waals surface area contributed by atoms with E-state index in [1.807, 2.05) is 0 Å². The van der Waals surface area contributed by atoms with Gasteiger partial charge >= 0.3 is 5.97 Å². The van der Waals surface area contributed by atoms with Crippen LogP contribution >= 0.6 is 0 Å². The Morgan fingerprint density at radius 3 is 2.64 bits per heavy atom. The van der Waals surface area contributed by atoms with Crippen LogP contribution < -0.4 is 0 Å². The average molecular weight is 215 g/mol. The third kappa shape index (κ3) is 1.37. The molecule has 0 amide bonds. The number of rotatable bonds is 4. The smallest absolute Gasteiger partial charge is 0.351 e. The van der Waals surface area contributed by atoms with Gasteiger partial charge in [-0.2, -0.15) is 0 Å². The van der Waals surface area contributed by atoms with E-state index in [0.717, 1.165) is 18.4 Å². The van der Waals surface area contributed by atoms with Crippen molar-refractivity contribution in [3.8, 4) is 0 Å². The van der Waals surface area contributed by atoms with Gasteiger partial charge in [-0.1, -0.05) is 6.08 Å². The Balaban J connectivity index is 3.27. The number of carbonyl (C=O) groups is 1. The van der Waals surface area contributed by atoms with Crippen LogP contribution in [0.5, 0.6) is 0 Å². The van der Waals surface area contributed by atoms with Crippen molar-refractivity contribution in [3.05, 3.63) is 24.8 Å². The molecule has 0 saturated carbocycles. The second kappa shape index (κ2) is 3.38. The van der Waals surface area contributed by atoms with Crippen LogP contribution in [-0.4, -0.2) is 36.3 Å². The molecule has 0 aromatic heterocycles. The largest absolute Gasteiger partial charge is 0.478 e. The maximum absolute atomic E-state index is 11.6. The number of aliphatic carboxylic acids is 1. The van der Waals surface area contributed by atoms with Gasteiger partial charge in [-0.3, -0.25) is 4.99 Å². The van der Waals surface area contributed by atoms with Crippen molar-refractivity contribution in [1.29, 1.82) is 0 Å². The molecule has 0 aromatic rings. The summed E-state index contributed by atoms with van der Waals surface area (Å²) < 4.78 is 23.2. The lowest BCUT2D eigenvalue weighted by Gasteiger charge is -2.17. The minimum atomic E-state index is -3.87. The SMILES string of the molecule is C=CCS(=O)(=O)C1(C(=O)O)C=CC=N1. The fraction of sp³-hybridized carbons (Fsp3) is 0.250. The summed E-state index contributed by atoms with van der Waals surface area (Å²) in [6.07, 6.45) is 4.65. The Kier molecular flexibility index (Phi) is 2.57. The molecular weight excluding hydrogens is 206 g/mol. The number of aliphatic imine (C=N–C) groups is 1. The van der Waals surface area contributed by atoms with Gasteiger partial charge in [-0.05, 0) is 12.2 Å². The Labute approximate surface area is 81.4 Å². The third-order valence-corrected chi connectivity index (χ3v) is 3.83. The minimum Gasteiger partial charge on any atom is -0.478 e. The van der Waals surface area contributed by atoms with Crippen LogP contribution in [-0.2, 0) is 14.6 Å². The van der Waals surface area contributed by atoms with Gasteiger partial charge in [0.1, 0.15) is 0 Å². The first-order valence-corrected chi connectivity index (χ1v) is 5.41. The molecule has 6 heteroatoms. The van der Waals surface area contributed by atoms with Gasteiger partial charge in [0.2, 0.25) is 0 Å². The molecular formula is C8H9NO4S. The van der Waals surface area contributed by atoms with Crippen LogP contribution in [0.3, 0.4) is 0 Å². The van der Waals surface area contributed by atoms with Crippen LogP contribution in [0.25, 0.3) is 0 Å². The molecule has 0 aromatic carbocycles. The van der Waals surface area contributed by atoms with Crippen LogP contribution in [0.1, 0.15) is 0 Å². The van der Waals surface area contributed by atoms with Crippen molar-refractivity contribution >= 4 is 22.0 Å². The van der Waals surface area contributed by atoms with Crippen molar-refractivity contribution in [2.75, 3.05) is 5.75 Å². The molecule has 0 aliphatic carbocycles. The summed E-state index contributed by atoms with van der Waals surface area (Å²) in [5.74, 6) is -1.91. The highest BCUT2D eigenvalue weighted by Gasteiger charge is 2.49. The number of carboxylic acid groups (broad SMARTS) is 1. The monoisotopic (exact) mass is 215 g/mol. The molecule has 0 radical (unpaired) electrons. The summed E-state index contributed by atoms with van der Waals surface area (Å²) in [6, 6.07) is 0. The number of hydrogen-bond acceptors (Lipinski definition) is 4. The first-order valence-electron chi connectivity index (χ1n) is 3.76. The zero-order chi connectivity index (χ0) is 10.8. The van der Waals surface area contributed by atoms with Crippen molar-refractivity contribution in [2.45, 2.75) is 4.87 Å². The molecule has 1 aliphatic rings. The first-order chi connectivity index (χ1) is 6.46. The molecule has 1 aliphatic heterocycles. The fourth-order valence-electron chi connectivity index (χ4n) is 1.10. The minimum absolute atomic E-state index is 0.416. The predicted octanol–water partition coefficient (Wildman–Crippen LogP) is 0.00870. The standard InChI is InChI=1S/C8H9NO4S/c1-2-6-14(12,13)8(7(10)11)4-3-5-9-8/h2-5H,1,6H2,(H,10,11). The van der Waals surface area contributed by atoms with Gasteiger partial charge in [-0.25, -0.2) is 13.2 Å². The third-order valence-electron chi connectivity index (χ3n) is 1.79. The maximum Gasteiger partial charge on any atom is 0.351 e. The average Bonchev–Trinajstić information content (AvgIpc) is 2.52. The molecule has 0 bridgehead atoms. The van der Waals surface area contributed by atoms with Gasteiger partial charge < -0.3 is 5.11 Å². The zero-order valence-corrected chi connectivity index (χ0v) is 8.07. The summed E-state index contributed by atoms with van der Waals surface area (Å²) in [5.41, 5.74) is 0. The van der Waals surface area contributed by atoms with Crippen LogP contribution in [0.4, 0.5) is 0 Å². The van der Waals surface area contributed by atoms with E-state index in [9.17, 15) is 13.2 Å². The number of allylic oxidation sites excluding steroid dienone is 1. The van der Waals surface area contributed by atoms with E-state index in [-0.39, 0.29) is 0 Å². The molecule has 1 atom stereocenters. The van der Waals surface area contributed by atoms with Crippen molar-refractivity contribution < 1.29 is 18.3 Å². The second-order valence-electron chi connectivity index (χ2n) is 2.71. The number of sulfone groups is 1. The summed E-state index contributed by atoms with van der Waals surface area (Å²) in [7, 11) is -3.87. The summed E-state index contributed by atoms with van der Waals surface area (Å²) >= 11 is 0. The highest BCUT2D eigenvalue weighted by atomic mass is 32.2. The summed E-state index contributed by atoms with van der Waals surface area (Å²) in [6.45, 7) is 3.26. The molecule has 5 nitrogen and oxygen atoms in total. The predicted molar refractivity (Wildman–Crippen MR) is 52.0 cm³/mol. The lowest BCUT2D eigenvalue weighted by atomic mass is 10.3. The van der Waals surface area contributed by atoms with E-state index in [2.05, 4.69) is 11.6 Å². The zero-order valence-electron chi connectivity index (χ0n) is 7.25. The second-order valence-corrected chi connectivity index (χ2v) is 4.89. The Morgan fingerprint density at radius 2 is 2.29 bits per heavy atom. The van der Waals surface area contributed by atoms with Crippen molar-refractivity contribution in [1.82, 2.24) is 0 Å². The molecule has 1 N–H and O–H groups in total. The molecule has 1 unspecified atom stereocenters. The van der Waals surface area contributed by atoms with Gasteiger partial charge in [0.25, 0.3) is 4.87 Å². The van der Waals surface area contributed by atoms with Crippen molar-refractivity contribution in [2.24, 2.45) is 4.99 Å². The lowest BCUT2D eigenvalue weighted by molar-refractivity contribution is -0.138. The van der Waals surface area contributed by atoms with Crippen LogP contribution in [0, 0.1) is 0 Å². The van der Waals surface area contributed by atoms with Crippen LogP contribution in [0.15, 0.2) is 29.8 Å². The van der Waals surface area contributed by atoms with E-state index in [1.54, 1.807) is 0 Å². The Morgan fingerprint density at radius 1 is 1.64 bits per heavy atom. The number of nitrogens with zero attached hydrogens (tertiary/aromatic N) is 1. The van der Waals surface area contributed by atoms with Crippen molar-refractivity contribution in [3.63, 3.8) is 0 Å². The van der Waals surface area contributed by atoms with Gasteiger partial charge in [0.15, 0.2) is 9.84 Å². The lowest BCUT2D eigenvalue weighted by Crippen LogP contribution is -2.42. The number of hydrogen-bond donors (Lipinski definition) is 1. The summed E-state index contributed by atoms with van der Waals surface area (Å²) in [4.78, 5) is 12.2. The van der Waals surface area contributed by atoms with E-state index < -0.39 is 26.4 Å². The first kappa shape index (κ1) is 10.6. The number of carboxylic acids is 1. The normalized spacial score (nSPS) is 25.1. The fourth-order valence-corrected chi connectivity index (χ4v) is 2.43. The Bertz CT molecular complexity index is 407. The molecule has 1 rings (SSSR count). The topological polar surface area (TPSA) is 83.8 Å². The van der Waals surface area contributed by atoms with E-state index in [4.69, 9.17) is 5.11 Å². The van der Waals surface area contributed by atoms with Gasteiger partial charge in [0, 0.05) is 6.21 Å². The van der Waals surface area contributed by atoms with E-state index in [1.165, 1.54) is 6.08 Å². The molecule has 0 fully saturated rings. The van der Waals surface area contributed by atoms with E-state index >= 15 is 0 Å². The molecule has 14 heavy (non-hydrogen) atoms. The molecule has 1 heterocycles. The molecule has 0 spiro atoms. The molecule has 0 saturated heterocycles. The highest BCUT2D eigenvalue weighted by molar-refractivity contribution is 7.93. The molecule has 76 valence electrons. The van der Waals surface area contributed by atoms with Gasteiger partial charge in [0.05, 0.1) is 5.75 Å². The maximum atomic E-state index is 11.6. The quantitative estimate of drug-likeness (QED) is 0.669. The summed E-state index contributed by atoms with van der Waals surface area (Å²) in [5, 5.41) is 8.85. The van der Waals surface area contributed by atoms with Gasteiger partial charge in [-0.15, -0.1) is 6.58 Å².